The molecule has 0 unspecified atom stereocenters. The fourth-order valence-electron chi connectivity index (χ4n) is 5.09. The standard InChI is InChI=1S/C24H30N2O/c1-19(27)25-15-6-16-26-17-13-24(14-18-26)22-9-4-2-7-20(22)11-12-21-8-3-5-10-23(21)24/h2-5,7-10H,6,11-18H2,1H3,(H,25,27). The maximum Gasteiger partial charge on any atom is 0.216 e. The molecule has 1 saturated heterocycles. The Kier molecular flexibility index (Phi) is 5.31. The van der Waals surface area contributed by atoms with Crippen LogP contribution < -0.4 is 5.32 Å². The Balaban J connectivity index is 1.55. The fraction of sp³-hybridized carbons (Fsp3) is 0.458. The Morgan fingerprint density at radius 2 is 1.52 bits per heavy atom. The number of hydrogen-bond acceptors (Lipinski definition) is 2. The van der Waals surface area contributed by atoms with E-state index < -0.39 is 0 Å². The fourth-order valence-corrected chi connectivity index (χ4v) is 5.09. The van der Waals surface area contributed by atoms with Crippen molar-refractivity contribution >= 4 is 5.91 Å². The summed E-state index contributed by atoms with van der Waals surface area (Å²) in [5, 5.41) is 2.91. The van der Waals surface area contributed by atoms with Crippen molar-refractivity contribution in [2.45, 2.75) is 44.4 Å². The first-order valence-electron chi connectivity index (χ1n) is 10.3. The molecule has 142 valence electrons. The van der Waals surface area contributed by atoms with Gasteiger partial charge in [0, 0.05) is 18.9 Å². The molecule has 27 heavy (non-hydrogen) atoms. The highest BCUT2D eigenvalue weighted by Crippen LogP contribution is 2.46. The van der Waals surface area contributed by atoms with Crippen molar-refractivity contribution in [3.05, 3.63) is 70.8 Å². The predicted molar refractivity (Wildman–Crippen MR) is 110 cm³/mol. The Morgan fingerprint density at radius 3 is 2.07 bits per heavy atom. The molecule has 3 nitrogen and oxygen atoms in total. The molecule has 0 saturated carbocycles. The van der Waals surface area contributed by atoms with Crippen LogP contribution in [0.5, 0.6) is 0 Å². The normalized spacial score (nSPS) is 18.4. The summed E-state index contributed by atoms with van der Waals surface area (Å²) in [4.78, 5) is 13.6. The molecule has 0 bridgehead atoms. The molecule has 1 heterocycles. The number of piperidine rings is 1. The van der Waals surface area contributed by atoms with E-state index in [0.29, 0.717) is 0 Å². The van der Waals surface area contributed by atoms with Gasteiger partial charge in [-0.05, 0) is 74.0 Å². The quantitative estimate of drug-likeness (QED) is 0.841. The first-order chi connectivity index (χ1) is 13.2. The molecule has 1 aliphatic heterocycles. The van der Waals surface area contributed by atoms with Gasteiger partial charge in [0.1, 0.15) is 0 Å². The number of carbonyl (C=O) groups is 1. The van der Waals surface area contributed by atoms with E-state index >= 15 is 0 Å². The molecule has 1 amide bonds. The third kappa shape index (κ3) is 3.66. The number of amides is 1. The second-order valence-electron chi connectivity index (χ2n) is 8.07. The number of nitrogens with one attached hydrogen (secondary N) is 1. The van der Waals surface area contributed by atoms with Gasteiger partial charge in [0.2, 0.25) is 5.91 Å². The van der Waals surface area contributed by atoms with Crippen LogP contribution in [0.3, 0.4) is 0 Å². The average molecular weight is 363 g/mol. The molecular weight excluding hydrogens is 332 g/mol. The van der Waals surface area contributed by atoms with Crippen molar-refractivity contribution in [3.63, 3.8) is 0 Å². The zero-order chi connectivity index (χ0) is 18.7. The van der Waals surface area contributed by atoms with Crippen molar-refractivity contribution in [2.24, 2.45) is 0 Å². The number of carbonyl (C=O) groups excluding carboxylic acids is 1. The Bertz CT molecular complexity index is 756. The molecule has 1 fully saturated rings. The largest absolute Gasteiger partial charge is 0.356 e. The molecule has 0 atom stereocenters. The van der Waals surface area contributed by atoms with E-state index in [0.717, 1.165) is 45.4 Å². The Hall–Kier alpha value is -2.13. The highest BCUT2D eigenvalue weighted by Gasteiger charge is 2.41. The van der Waals surface area contributed by atoms with E-state index in [1.807, 2.05) is 0 Å². The van der Waals surface area contributed by atoms with Gasteiger partial charge in [-0.15, -0.1) is 0 Å². The molecule has 1 aliphatic carbocycles. The molecule has 0 aromatic heterocycles. The topological polar surface area (TPSA) is 32.3 Å². The van der Waals surface area contributed by atoms with Gasteiger partial charge in [0.25, 0.3) is 0 Å². The monoisotopic (exact) mass is 362 g/mol. The summed E-state index contributed by atoms with van der Waals surface area (Å²) in [6.45, 7) is 5.69. The highest BCUT2D eigenvalue weighted by atomic mass is 16.1. The van der Waals surface area contributed by atoms with E-state index in [1.165, 1.54) is 24.0 Å². The minimum Gasteiger partial charge on any atom is -0.356 e. The zero-order valence-corrected chi connectivity index (χ0v) is 16.3. The SMILES string of the molecule is CC(=O)NCCCN1CCC2(CC1)c1ccccc1CCc1ccccc12. The summed E-state index contributed by atoms with van der Waals surface area (Å²) in [5.41, 5.74) is 6.36. The van der Waals surface area contributed by atoms with Gasteiger partial charge >= 0.3 is 0 Å². The smallest absolute Gasteiger partial charge is 0.216 e. The van der Waals surface area contributed by atoms with Gasteiger partial charge in [0.05, 0.1) is 0 Å². The van der Waals surface area contributed by atoms with E-state index in [9.17, 15) is 4.79 Å². The van der Waals surface area contributed by atoms with Crippen molar-refractivity contribution < 1.29 is 4.79 Å². The summed E-state index contributed by atoms with van der Waals surface area (Å²) in [5.74, 6) is 0.0688. The number of hydrogen-bond donors (Lipinski definition) is 1. The summed E-state index contributed by atoms with van der Waals surface area (Å²) in [6, 6.07) is 18.3. The van der Waals surface area contributed by atoms with Gasteiger partial charge in [-0.1, -0.05) is 48.5 Å². The second-order valence-corrected chi connectivity index (χ2v) is 8.07. The Labute approximate surface area is 162 Å². The van der Waals surface area contributed by atoms with Gasteiger partial charge in [-0.2, -0.15) is 0 Å². The van der Waals surface area contributed by atoms with Gasteiger partial charge < -0.3 is 10.2 Å². The van der Waals surface area contributed by atoms with Crippen LogP contribution in [0, 0.1) is 0 Å². The number of likely N-dealkylation sites (tertiary alicyclic amines) is 1. The number of benzene rings is 2. The summed E-state index contributed by atoms with van der Waals surface area (Å²) >= 11 is 0. The third-order valence-electron chi connectivity index (χ3n) is 6.46. The third-order valence-corrected chi connectivity index (χ3v) is 6.46. The molecule has 4 rings (SSSR count). The predicted octanol–water partition coefficient (Wildman–Crippen LogP) is 3.69. The average Bonchev–Trinajstić information content (AvgIpc) is 2.83. The minimum atomic E-state index is 0.0688. The molecular formula is C24H30N2O. The van der Waals surface area contributed by atoms with E-state index in [2.05, 4.69) is 58.7 Å². The van der Waals surface area contributed by atoms with Gasteiger partial charge in [0.15, 0.2) is 0 Å². The van der Waals surface area contributed by atoms with E-state index in [-0.39, 0.29) is 11.3 Å². The first-order valence-corrected chi connectivity index (χ1v) is 10.3. The van der Waals surface area contributed by atoms with Crippen LogP contribution in [0.2, 0.25) is 0 Å². The lowest BCUT2D eigenvalue weighted by molar-refractivity contribution is -0.118. The van der Waals surface area contributed by atoms with Crippen molar-refractivity contribution in [2.75, 3.05) is 26.2 Å². The van der Waals surface area contributed by atoms with Crippen molar-refractivity contribution in [3.8, 4) is 0 Å². The number of fused-ring (bicyclic) bond motifs is 4. The zero-order valence-electron chi connectivity index (χ0n) is 16.3. The summed E-state index contributed by atoms with van der Waals surface area (Å²) in [6.07, 6.45) is 5.69. The van der Waals surface area contributed by atoms with Crippen molar-refractivity contribution in [1.29, 1.82) is 0 Å². The van der Waals surface area contributed by atoms with E-state index in [1.54, 1.807) is 18.1 Å². The lowest BCUT2D eigenvalue weighted by atomic mass is 9.66. The van der Waals surface area contributed by atoms with Crippen LogP contribution in [-0.4, -0.2) is 37.0 Å². The lowest BCUT2D eigenvalue weighted by Crippen LogP contribution is -2.44. The van der Waals surface area contributed by atoms with Crippen LogP contribution in [0.1, 0.15) is 48.4 Å². The number of aryl methyl sites for hydroxylation is 2. The van der Waals surface area contributed by atoms with Crippen LogP contribution >= 0.6 is 0 Å². The molecule has 3 heteroatoms. The molecule has 0 radical (unpaired) electrons. The maximum absolute atomic E-state index is 11.0. The molecule has 2 aliphatic rings. The number of nitrogens with zero attached hydrogens (tertiary/aromatic N) is 1. The second kappa shape index (κ2) is 7.85. The van der Waals surface area contributed by atoms with Gasteiger partial charge in [-0.25, -0.2) is 0 Å². The van der Waals surface area contributed by atoms with Crippen LogP contribution in [0.15, 0.2) is 48.5 Å². The minimum absolute atomic E-state index is 0.0688. The van der Waals surface area contributed by atoms with Crippen LogP contribution in [0.4, 0.5) is 0 Å². The van der Waals surface area contributed by atoms with Crippen LogP contribution in [0.25, 0.3) is 0 Å². The van der Waals surface area contributed by atoms with Crippen LogP contribution in [-0.2, 0) is 23.1 Å². The maximum atomic E-state index is 11.0. The lowest BCUT2D eigenvalue weighted by Gasteiger charge is -2.43. The number of rotatable bonds is 4. The summed E-state index contributed by atoms with van der Waals surface area (Å²) in [7, 11) is 0. The highest BCUT2D eigenvalue weighted by molar-refractivity contribution is 5.72. The van der Waals surface area contributed by atoms with E-state index in [4.69, 9.17) is 0 Å². The molecule has 2 aromatic carbocycles. The molecule has 1 spiro atoms. The summed E-state index contributed by atoms with van der Waals surface area (Å²) < 4.78 is 0. The molecule has 2 aromatic rings. The Morgan fingerprint density at radius 1 is 0.963 bits per heavy atom. The van der Waals surface area contributed by atoms with Crippen molar-refractivity contribution in [1.82, 2.24) is 10.2 Å². The molecule has 1 N–H and O–H groups in total. The van der Waals surface area contributed by atoms with Gasteiger partial charge in [-0.3, -0.25) is 4.79 Å². The first kappa shape index (κ1) is 18.2.